The fourth-order valence-electron chi connectivity index (χ4n) is 2.18. The molecular weight excluding hydrogens is 246 g/mol. The highest BCUT2D eigenvalue weighted by Gasteiger charge is 2.30. The Morgan fingerprint density at radius 1 is 1.22 bits per heavy atom. The number of rotatable bonds is 2. The van der Waals surface area contributed by atoms with Gasteiger partial charge in [0.25, 0.3) is 0 Å². The van der Waals surface area contributed by atoms with Crippen molar-refractivity contribution in [3.63, 3.8) is 0 Å². The number of carboxylic acids is 1. The number of fused-ring (bicyclic) bond motifs is 1. The van der Waals surface area contributed by atoms with Gasteiger partial charge in [0.2, 0.25) is 0 Å². The molecule has 0 aromatic heterocycles. The summed E-state index contributed by atoms with van der Waals surface area (Å²) in [5.74, 6) is -0.155. The molecule has 1 fully saturated rings. The molecule has 1 saturated heterocycles. The van der Waals surface area contributed by atoms with Gasteiger partial charge in [-0.2, -0.15) is 0 Å². The molecule has 1 heterocycles. The van der Waals surface area contributed by atoms with Crippen LogP contribution in [0.4, 0.5) is 0 Å². The minimum Gasteiger partial charge on any atom is -0.480 e. The lowest BCUT2D eigenvalue weighted by Gasteiger charge is -2.12. The van der Waals surface area contributed by atoms with Crippen LogP contribution in [0.3, 0.4) is 0 Å². The summed E-state index contributed by atoms with van der Waals surface area (Å²) >= 11 is 1.65. The summed E-state index contributed by atoms with van der Waals surface area (Å²) in [5.41, 5.74) is 1.14. The minimum absolute atomic E-state index is 0.0794. The number of benzene rings is 2. The monoisotopic (exact) mass is 259 g/mol. The summed E-state index contributed by atoms with van der Waals surface area (Å²) in [7, 11) is 0. The van der Waals surface area contributed by atoms with E-state index in [1.54, 1.807) is 11.8 Å². The van der Waals surface area contributed by atoms with E-state index >= 15 is 0 Å². The molecule has 0 spiro atoms. The number of aliphatic carboxylic acids is 1. The van der Waals surface area contributed by atoms with E-state index in [1.165, 1.54) is 10.8 Å². The smallest absolute Gasteiger partial charge is 0.321 e. The first-order valence-corrected chi connectivity index (χ1v) is 6.88. The quantitative estimate of drug-likeness (QED) is 0.870. The standard InChI is InChI=1S/C14H13NO2S/c16-14(17)12-8-18-13(15-12)11-6-5-9-3-1-2-4-10(9)7-11/h1-7,12-13,15H,8H2,(H,16,17)/t12-,13?/m0/s1. The van der Waals surface area contributed by atoms with E-state index in [0.29, 0.717) is 5.75 Å². The highest BCUT2D eigenvalue weighted by atomic mass is 32.2. The zero-order valence-corrected chi connectivity index (χ0v) is 10.5. The van der Waals surface area contributed by atoms with Gasteiger partial charge in [0, 0.05) is 5.75 Å². The van der Waals surface area contributed by atoms with Crippen molar-refractivity contribution in [2.24, 2.45) is 0 Å². The number of hydrogen-bond donors (Lipinski definition) is 2. The molecule has 2 aromatic carbocycles. The van der Waals surface area contributed by atoms with Crippen molar-refractivity contribution < 1.29 is 9.90 Å². The molecule has 0 saturated carbocycles. The van der Waals surface area contributed by atoms with Crippen LogP contribution in [0.15, 0.2) is 42.5 Å². The van der Waals surface area contributed by atoms with Gasteiger partial charge in [0.05, 0.1) is 5.37 Å². The first kappa shape index (κ1) is 11.6. The summed E-state index contributed by atoms with van der Waals surface area (Å²) in [4.78, 5) is 10.9. The Kier molecular flexibility index (Phi) is 2.97. The van der Waals surface area contributed by atoms with Crippen molar-refractivity contribution >= 4 is 28.5 Å². The van der Waals surface area contributed by atoms with Gasteiger partial charge in [-0.05, 0) is 22.4 Å². The Labute approximate surface area is 109 Å². The topological polar surface area (TPSA) is 49.3 Å². The van der Waals surface area contributed by atoms with Gasteiger partial charge >= 0.3 is 5.97 Å². The van der Waals surface area contributed by atoms with Crippen LogP contribution in [0, 0.1) is 0 Å². The molecule has 2 atom stereocenters. The third-order valence-electron chi connectivity index (χ3n) is 3.16. The predicted molar refractivity (Wildman–Crippen MR) is 73.7 cm³/mol. The van der Waals surface area contributed by atoms with Gasteiger partial charge < -0.3 is 5.11 Å². The zero-order valence-electron chi connectivity index (χ0n) is 9.67. The van der Waals surface area contributed by atoms with E-state index in [0.717, 1.165) is 5.56 Å². The van der Waals surface area contributed by atoms with Crippen molar-refractivity contribution in [1.29, 1.82) is 0 Å². The molecule has 4 heteroatoms. The summed E-state index contributed by atoms with van der Waals surface area (Å²) in [5, 5.41) is 14.6. The first-order valence-electron chi connectivity index (χ1n) is 5.83. The van der Waals surface area contributed by atoms with E-state index in [9.17, 15) is 4.79 Å². The van der Waals surface area contributed by atoms with Gasteiger partial charge in [-0.3, -0.25) is 10.1 Å². The number of carbonyl (C=O) groups is 1. The molecule has 2 aromatic rings. The fraction of sp³-hybridized carbons (Fsp3) is 0.214. The second kappa shape index (κ2) is 4.63. The summed E-state index contributed by atoms with van der Waals surface area (Å²) in [6.07, 6.45) is 0. The molecule has 18 heavy (non-hydrogen) atoms. The maximum atomic E-state index is 10.9. The van der Waals surface area contributed by atoms with Gasteiger partial charge in [0.15, 0.2) is 0 Å². The Morgan fingerprint density at radius 2 is 2.00 bits per heavy atom. The molecule has 3 rings (SSSR count). The van der Waals surface area contributed by atoms with Crippen LogP contribution in [0.5, 0.6) is 0 Å². The van der Waals surface area contributed by atoms with Crippen LogP contribution < -0.4 is 5.32 Å². The Morgan fingerprint density at radius 3 is 2.72 bits per heavy atom. The van der Waals surface area contributed by atoms with Gasteiger partial charge in [-0.15, -0.1) is 11.8 Å². The minimum atomic E-state index is -0.772. The molecule has 0 aliphatic carbocycles. The van der Waals surface area contributed by atoms with Crippen LogP contribution in [-0.2, 0) is 4.79 Å². The maximum Gasteiger partial charge on any atom is 0.321 e. The molecule has 2 N–H and O–H groups in total. The summed E-state index contributed by atoms with van der Waals surface area (Å²) in [6.45, 7) is 0. The number of carboxylic acid groups (broad SMARTS) is 1. The average molecular weight is 259 g/mol. The predicted octanol–water partition coefficient (Wildman–Crippen LogP) is 2.63. The van der Waals surface area contributed by atoms with Gasteiger partial charge in [-0.25, -0.2) is 0 Å². The van der Waals surface area contributed by atoms with Crippen LogP contribution >= 0.6 is 11.8 Å². The molecule has 1 unspecified atom stereocenters. The normalized spacial score (nSPS) is 23.3. The lowest BCUT2D eigenvalue weighted by Crippen LogP contribution is -2.33. The Bertz CT molecular complexity index is 599. The van der Waals surface area contributed by atoms with Crippen molar-refractivity contribution in [2.75, 3.05) is 5.75 Å². The first-order chi connectivity index (χ1) is 8.74. The van der Waals surface area contributed by atoms with E-state index in [1.807, 2.05) is 12.1 Å². The fourth-order valence-corrected chi connectivity index (χ4v) is 3.40. The van der Waals surface area contributed by atoms with Crippen molar-refractivity contribution in [2.45, 2.75) is 11.4 Å². The van der Waals surface area contributed by atoms with E-state index in [-0.39, 0.29) is 5.37 Å². The lowest BCUT2D eigenvalue weighted by molar-refractivity contribution is -0.138. The zero-order chi connectivity index (χ0) is 12.5. The van der Waals surface area contributed by atoms with E-state index in [4.69, 9.17) is 5.11 Å². The summed E-state index contributed by atoms with van der Waals surface area (Å²) < 4.78 is 0. The van der Waals surface area contributed by atoms with Crippen molar-refractivity contribution in [1.82, 2.24) is 5.32 Å². The Balaban J connectivity index is 1.89. The third kappa shape index (κ3) is 2.09. The molecule has 1 aliphatic rings. The highest BCUT2D eigenvalue weighted by Crippen LogP contribution is 2.34. The second-order valence-electron chi connectivity index (χ2n) is 4.38. The van der Waals surface area contributed by atoms with Crippen LogP contribution in [-0.4, -0.2) is 22.9 Å². The largest absolute Gasteiger partial charge is 0.480 e. The molecule has 92 valence electrons. The molecule has 0 bridgehead atoms. The van der Waals surface area contributed by atoms with Gasteiger partial charge in [0.1, 0.15) is 6.04 Å². The maximum absolute atomic E-state index is 10.9. The number of thioether (sulfide) groups is 1. The van der Waals surface area contributed by atoms with Crippen molar-refractivity contribution in [3.8, 4) is 0 Å². The molecule has 0 amide bonds. The molecular formula is C14H13NO2S. The highest BCUT2D eigenvalue weighted by molar-refractivity contribution is 7.99. The van der Waals surface area contributed by atoms with E-state index < -0.39 is 12.0 Å². The third-order valence-corrected chi connectivity index (χ3v) is 4.42. The van der Waals surface area contributed by atoms with Crippen LogP contribution in [0.1, 0.15) is 10.9 Å². The molecule has 0 radical (unpaired) electrons. The van der Waals surface area contributed by atoms with Gasteiger partial charge in [-0.1, -0.05) is 36.4 Å². The van der Waals surface area contributed by atoms with Crippen LogP contribution in [0.2, 0.25) is 0 Å². The lowest BCUT2D eigenvalue weighted by atomic mass is 10.1. The van der Waals surface area contributed by atoms with Crippen LogP contribution in [0.25, 0.3) is 10.8 Å². The number of nitrogens with one attached hydrogen (secondary N) is 1. The SMILES string of the molecule is O=C(O)[C@@H]1CSC(c2ccc3ccccc3c2)N1. The number of hydrogen-bond acceptors (Lipinski definition) is 3. The molecule has 3 nitrogen and oxygen atoms in total. The average Bonchev–Trinajstić information content (AvgIpc) is 2.88. The van der Waals surface area contributed by atoms with Crippen molar-refractivity contribution in [3.05, 3.63) is 48.0 Å². The van der Waals surface area contributed by atoms with E-state index in [2.05, 4.69) is 35.6 Å². The summed E-state index contributed by atoms with van der Waals surface area (Å²) in [6, 6.07) is 14.0. The molecule has 1 aliphatic heterocycles. The Hall–Kier alpha value is -1.52. The second-order valence-corrected chi connectivity index (χ2v) is 5.52.